The molecule has 0 atom stereocenters. The van der Waals surface area contributed by atoms with Gasteiger partial charge < -0.3 is 4.74 Å². The van der Waals surface area contributed by atoms with Crippen molar-refractivity contribution in [2.75, 3.05) is 19.0 Å². The lowest BCUT2D eigenvalue weighted by molar-refractivity contribution is -0.732. The van der Waals surface area contributed by atoms with Crippen molar-refractivity contribution < 1.29 is 22.0 Å². The van der Waals surface area contributed by atoms with E-state index in [-0.39, 0.29) is 12.4 Å². The fourth-order valence-corrected chi connectivity index (χ4v) is 3.66. The van der Waals surface area contributed by atoms with Crippen molar-refractivity contribution in [3.05, 3.63) is 54.9 Å². The number of hydrogen-bond acceptors (Lipinski definition) is 5. The number of fused-ring (bicyclic) bond motifs is 1. The van der Waals surface area contributed by atoms with E-state index in [1.54, 1.807) is 21.8 Å². The molecule has 27 heavy (non-hydrogen) atoms. The predicted octanol–water partition coefficient (Wildman–Crippen LogP) is 2.07. The number of rotatable bonds is 10. The van der Waals surface area contributed by atoms with Gasteiger partial charge in [-0.2, -0.15) is 8.42 Å². The first-order valence-corrected chi connectivity index (χ1v) is 10.5. The molecule has 0 aliphatic heterocycles. The number of nitrogens with zero attached hydrogens (tertiary/aromatic N) is 3. The van der Waals surface area contributed by atoms with Gasteiger partial charge in [0.05, 0.1) is 24.2 Å². The summed E-state index contributed by atoms with van der Waals surface area (Å²) in [5.74, 6) is 0.742. The van der Waals surface area contributed by atoms with Crippen molar-refractivity contribution in [2.24, 2.45) is 7.05 Å². The van der Waals surface area contributed by atoms with E-state index in [2.05, 4.69) is 5.21 Å². The second-order valence-corrected chi connectivity index (χ2v) is 8.03. The molecule has 0 fully saturated rings. The average molecular weight is 390 g/mol. The first-order valence-electron chi connectivity index (χ1n) is 8.90. The van der Waals surface area contributed by atoms with Crippen LogP contribution in [-0.2, 0) is 27.9 Å². The van der Waals surface area contributed by atoms with Crippen molar-refractivity contribution in [3.63, 3.8) is 0 Å². The van der Waals surface area contributed by atoms with E-state index in [1.165, 1.54) is 0 Å². The maximum atomic E-state index is 11.9. The van der Waals surface area contributed by atoms with E-state index < -0.39 is 10.1 Å². The number of benzene rings is 2. The van der Waals surface area contributed by atoms with E-state index in [0.29, 0.717) is 26.0 Å². The van der Waals surface area contributed by atoms with Crippen molar-refractivity contribution >= 4 is 20.9 Å². The molecule has 0 saturated heterocycles. The van der Waals surface area contributed by atoms with Gasteiger partial charge in [-0.25, -0.2) is 0 Å². The van der Waals surface area contributed by atoms with Crippen LogP contribution in [0.4, 0.5) is 0 Å². The lowest BCUT2D eigenvalue weighted by Crippen LogP contribution is -2.30. The third-order valence-corrected chi connectivity index (χ3v) is 5.35. The smallest absolute Gasteiger partial charge is 0.267 e. The summed E-state index contributed by atoms with van der Waals surface area (Å²) in [4.78, 5) is 0. The first-order chi connectivity index (χ1) is 13.0. The highest BCUT2D eigenvalue weighted by Gasteiger charge is 2.12. The van der Waals surface area contributed by atoms with Crippen LogP contribution in [0.15, 0.2) is 54.9 Å². The zero-order chi connectivity index (χ0) is 19.1. The molecule has 1 aromatic heterocycles. The Labute approximate surface area is 159 Å². The Morgan fingerprint density at radius 1 is 1.07 bits per heavy atom. The number of aromatic nitrogens is 3. The third kappa shape index (κ3) is 6.04. The lowest BCUT2D eigenvalue weighted by Gasteiger charge is -2.08. The Kier molecular flexibility index (Phi) is 6.41. The van der Waals surface area contributed by atoms with Crippen molar-refractivity contribution in [3.8, 4) is 5.75 Å². The van der Waals surface area contributed by atoms with Crippen LogP contribution in [0.1, 0.15) is 12.8 Å². The van der Waals surface area contributed by atoms with Crippen molar-refractivity contribution in [2.45, 2.75) is 19.4 Å². The van der Waals surface area contributed by atoms with Gasteiger partial charge in [0.25, 0.3) is 10.1 Å². The largest absolute Gasteiger partial charge is 0.493 e. The summed E-state index contributed by atoms with van der Waals surface area (Å²) in [5.41, 5.74) is 0. The molecule has 0 amide bonds. The first kappa shape index (κ1) is 19.3. The molecule has 1 heterocycles. The molecule has 2 aromatic carbocycles. The highest BCUT2D eigenvalue weighted by molar-refractivity contribution is 7.86. The fourth-order valence-electron chi connectivity index (χ4n) is 2.69. The standard InChI is InChI=1S/C19H24N3O4S/c1-21-11-12-22(20-21)10-4-15-27(23,24)26-14-5-13-25-19-9-8-17-6-2-3-7-18(17)16-19/h2-3,6-9,11-12,16H,4-5,10,13-15H2,1H3/q+1. The van der Waals surface area contributed by atoms with E-state index in [1.807, 2.05) is 49.5 Å². The normalized spacial score (nSPS) is 11.7. The van der Waals surface area contributed by atoms with E-state index in [4.69, 9.17) is 8.92 Å². The van der Waals surface area contributed by atoms with Gasteiger partial charge in [-0.05, 0) is 22.9 Å². The summed E-state index contributed by atoms with van der Waals surface area (Å²) in [6.45, 7) is 1.05. The highest BCUT2D eigenvalue weighted by atomic mass is 32.2. The molecule has 0 spiro atoms. The van der Waals surface area contributed by atoms with Gasteiger partial charge in [0.15, 0.2) is 12.4 Å². The average Bonchev–Trinajstić information content (AvgIpc) is 3.06. The van der Waals surface area contributed by atoms with Crippen molar-refractivity contribution in [1.82, 2.24) is 9.90 Å². The minimum atomic E-state index is -3.52. The van der Waals surface area contributed by atoms with E-state index in [0.717, 1.165) is 16.5 Å². The van der Waals surface area contributed by atoms with Crippen LogP contribution in [-0.4, -0.2) is 37.3 Å². The fraction of sp³-hybridized carbons (Fsp3) is 0.368. The summed E-state index contributed by atoms with van der Waals surface area (Å²) >= 11 is 0. The summed E-state index contributed by atoms with van der Waals surface area (Å²) in [6, 6.07) is 13.9. The summed E-state index contributed by atoms with van der Waals surface area (Å²) in [7, 11) is -1.71. The topological polar surface area (TPSA) is 74.3 Å². The predicted molar refractivity (Wildman–Crippen MR) is 102 cm³/mol. The van der Waals surface area contributed by atoms with Crippen LogP contribution in [0.3, 0.4) is 0 Å². The van der Waals surface area contributed by atoms with Crippen LogP contribution >= 0.6 is 0 Å². The lowest BCUT2D eigenvalue weighted by atomic mass is 10.1. The quantitative estimate of drug-likeness (QED) is 0.301. The van der Waals surface area contributed by atoms with Crippen molar-refractivity contribution in [1.29, 1.82) is 0 Å². The van der Waals surface area contributed by atoms with Gasteiger partial charge in [0.1, 0.15) is 19.3 Å². The number of hydrogen-bond donors (Lipinski definition) is 0. The van der Waals surface area contributed by atoms with Gasteiger partial charge >= 0.3 is 0 Å². The van der Waals surface area contributed by atoms with Gasteiger partial charge in [-0.15, -0.1) is 9.36 Å². The molecule has 144 valence electrons. The molecule has 3 aromatic rings. The molecular weight excluding hydrogens is 366 g/mol. The number of ether oxygens (including phenoxy) is 1. The minimum absolute atomic E-state index is 0.0257. The summed E-state index contributed by atoms with van der Waals surface area (Å²) in [6.07, 6.45) is 4.57. The van der Waals surface area contributed by atoms with Gasteiger partial charge in [0, 0.05) is 12.8 Å². The second kappa shape index (κ2) is 8.96. The van der Waals surface area contributed by atoms with Crippen LogP contribution < -0.4 is 9.42 Å². The molecule has 0 radical (unpaired) electrons. The molecule has 0 unspecified atom stereocenters. The Morgan fingerprint density at radius 3 is 2.67 bits per heavy atom. The van der Waals surface area contributed by atoms with Crippen LogP contribution in [0, 0.1) is 0 Å². The van der Waals surface area contributed by atoms with Gasteiger partial charge in [-0.3, -0.25) is 4.18 Å². The SMILES string of the molecule is C[n+]1ccn(CCCS(=O)(=O)OCCCOc2ccc3ccccc3c2)n1. The van der Waals surface area contributed by atoms with Gasteiger partial charge in [0.2, 0.25) is 0 Å². The van der Waals surface area contributed by atoms with E-state index in [9.17, 15) is 8.42 Å². The van der Waals surface area contributed by atoms with Crippen LogP contribution in [0.2, 0.25) is 0 Å². The maximum Gasteiger partial charge on any atom is 0.267 e. The molecule has 7 nitrogen and oxygen atoms in total. The molecule has 3 rings (SSSR count). The second-order valence-electron chi connectivity index (χ2n) is 6.27. The summed E-state index contributed by atoms with van der Waals surface area (Å²) < 4.78 is 37.9. The van der Waals surface area contributed by atoms with Crippen LogP contribution in [0.25, 0.3) is 10.8 Å². The molecule has 0 aliphatic carbocycles. The molecule has 0 N–H and O–H groups in total. The Morgan fingerprint density at radius 2 is 1.89 bits per heavy atom. The third-order valence-electron chi connectivity index (χ3n) is 4.03. The molecule has 0 bridgehead atoms. The molecule has 0 saturated carbocycles. The molecule has 8 heteroatoms. The highest BCUT2D eigenvalue weighted by Crippen LogP contribution is 2.20. The Bertz CT molecular complexity index is 985. The zero-order valence-corrected chi connectivity index (χ0v) is 16.1. The zero-order valence-electron chi connectivity index (χ0n) is 15.3. The summed E-state index contributed by atoms with van der Waals surface area (Å²) in [5, 5.41) is 6.41. The molecule has 0 aliphatic rings. The number of aryl methyl sites for hydroxylation is 2. The maximum absolute atomic E-state index is 11.9. The Hall–Kier alpha value is -2.45. The van der Waals surface area contributed by atoms with Crippen LogP contribution in [0.5, 0.6) is 5.75 Å². The minimum Gasteiger partial charge on any atom is -0.493 e. The molecular formula is C19H24N3O4S+. The Balaban J connectivity index is 1.34. The monoisotopic (exact) mass is 390 g/mol. The van der Waals surface area contributed by atoms with E-state index >= 15 is 0 Å². The van der Waals surface area contributed by atoms with Gasteiger partial charge in [-0.1, -0.05) is 30.3 Å².